The van der Waals surface area contributed by atoms with Crippen molar-refractivity contribution in [2.75, 3.05) is 11.1 Å². The number of aromatic nitrogens is 2. The number of hydrogen-bond donors (Lipinski definition) is 5. The Morgan fingerprint density at radius 1 is 1.05 bits per heavy atom. The van der Waals surface area contributed by atoms with Gasteiger partial charge in [-0.25, -0.2) is 15.4 Å². The van der Waals surface area contributed by atoms with E-state index in [2.05, 4.69) is 43.0 Å². The maximum Gasteiger partial charge on any atom is 0.270 e. The second-order valence-electron chi connectivity index (χ2n) is 10.5. The Morgan fingerprint density at radius 2 is 1.80 bits per heavy atom. The third-order valence-corrected chi connectivity index (χ3v) is 7.75. The number of fused-ring (bicyclic) bond motifs is 1. The number of hydrogen-bond acceptors (Lipinski definition) is 11. The summed E-state index contributed by atoms with van der Waals surface area (Å²) in [7, 11) is 0. The van der Waals surface area contributed by atoms with Crippen LogP contribution in [0.25, 0.3) is 0 Å². The molecule has 2 amide bonds. The zero-order chi connectivity index (χ0) is 31.0. The second kappa shape index (κ2) is 11.4. The van der Waals surface area contributed by atoms with Crippen LogP contribution in [0.4, 0.5) is 11.4 Å². The molecule has 2 aliphatic rings. The highest BCUT2D eigenvalue weighted by atomic mass is 16.7. The number of anilines is 2. The lowest BCUT2D eigenvalue weighted by atomic mass is 9.97. The smallest absolute Gasteiger partial charge is 0.270 e. The number of nitrogens with zero attached hydrogens (tertiary/aromatic N) is 3. The van der Waals surface area contributed by atoms with Gasteiger partial charge in [-0.1, -0.05) is 36.4 Å². The maximum absolute atomic E-state index is 13.1. The molecule has 0 spiro atoms. The van der Waals surface area contributed by atoms with Gasteiger partial charge in [0.05, 0.1) is 6.04 Å². The number of benzene rings is 2. The summed E-state index contributed by atoms with van der Waals surface area (Å²) in [6.45, 7) is 6.19. The number of amidine groups is 1. The molecule has 4 aromatic rings. The van der Waals surface area contributed by atoms with Crippen LogP contribution in [-0.2, 0) is 24.3 Å². The summed E-state index contributed by atoms with van der Waals surface area (Å²) < 4.78 is 0. The number of aliphatic imine (C=N–C) groups is 1. The van der Waals surface area contributed by atoms with Gasteiger partial charge in [-0.2, -0.15) is 4.99 Å². The second-order valence-corrected chi connectivity index (χ2v) is 10.5. The van der Waals surface area contributed by atoms with Gasteiger partial charge in [0, 0.05) is 24.7 Å². The molecule has 44 heavy (non-hydrogen) atoms. The molecule has 13 nitrogen and oxygen atoms in total. The number of rotatable bonds is 9. The molecule has 222 valence electrons. The van der Waals surface area contributed by atoms with Crippen molar-refractivity contribution >= 4 is 29.0 Å². The first kappa shape index (κ1) is 28.3. The van der Waals surface area contributed by atoms with Gasteiger partial charge in [0.15, 0.2) is 5.84 Å². The average molecular weight is 593 g/mol. The van der Waals surface area contributed by atoms with E-state index >= 15 is 0 Å². The van der Waals surface area contributed by atoms with E-state index in [0.717, 1.165) is 46.2 Å². The molecule has 1 atom stereocenters. The lowest BCUT2D eigenvalue weighted by Crippen LogP contribution is -2.36. The van der Waals surface area contributed by atoms with Gasteiger partial charge in [-0.15, -0.1) is 0 Å². The van der Waals surface area contributed by atoms with Crippen LogP contribution in [0.2, 0.25) is 0 Å². The van der Waals surface area contributed by atoms with Gasteiger partial charge in [0.1, 0.15) is 29.1 Å². The standard InChI is InChI=1S/C31H28N8O5/c1-15-19-8-9-22(21(19)7-6-20(15)29-37-16(2)44-39-29)38-31(43)24-11-23(35-14-36-24)30(42)34-13-18-5-3-4-17(10-18)12-33-26-25(32)27(40)28(26)41/h3-7,10-11,14,22,33H,2,8-9,12-13,32H2,1H3,(H,34,42)(H,37,39)(H,38,43)/t22-/m0/s1. The third kappa shape index (κ3) is 5.38. The van der Waals surface area contributed by atoms with Crippen LogP contribution in [0, 0.1) is 6.92 Å². The molecule has 0 radical (unpaired) electrons. The fourth-order valence-corrected chi connectivity index (χ4v) is 5.41. The number of nitrogen functional groups attached to an aromatic ring is 1. The molecule has 13 heteroatoms. The summed E-state index contributed by atoms with van der Waals surface area (Å²) in [5.74, 6) is 0.0260. The fraction of sp³-hybridized carbons (Fsp3) is 0.194. The zero-order valence-electron chi connectivity index (χ0n) is 23.7. The van der Waals surface area contributed by atoms with Crippen molar-refractivity contribution in [2.45, 2.75) is 38.9 Å². The van der Waals surface area contributed by atoms with Crippen LogP contribution < -0.4 is 38.0 Å². The van der Waals surface area contributed by atoms with Gasteiger partial charge in [-0.05, 0) is 54.2 Å². The predicted octanol–water partition coefficient (Wildman–Crippen LogP) is 1.68. The molecule has 2 heterocycles. The van der Waals surface area contributed by atoms with Crippen molar-refractivity contribution < 1.29 is 14.4 Å². The van der Waals surface area contributed by atoms with Gasteiger partial charge >= 0.3 is 0 Å². The first-order valence-corrected chi connectivity index (χ1v) is 13.8. The molecule has 0 fully saturated rings. The van der Waals surface area contributed by atoms with Crippen molar-refractivity contribution in [3.63, 3.8) is 0 Å². The number of nitrogens with one attached hydrogen (secondary N) is 4. The summed E-state index contributed by atoms with van der Waals surface area (Å²) >= 11 is 0. The Kier molecular flexibility index (Phi) is 7.35. The third-order valence-electron chi connectivity index (χ3n) is 7.75. The van der Waals surface area contributed by atoms with E-state index in [0.29, 0.717) is 11.7 Å². The van der Waals surface area contributed by atoms with Crippen molar-refractivity contribution in [1.29, 1.82) is 0 Å². The van der Waals surface area contributed by atoms with Crippen LogP contribution in [0.5, 0.6) is 0 Å². The quantitative estimate of drug-likeness (QED) is 0.179. The molecule has 0 saturated heterocycles. The van der Waals surface area contributed by atoms with Crippen molar-refractivity contribution in [3.05, 3.63) is 126 Å². The predicted molar refractivity (Wildman–Crippen MR) is 162 cm³/mol. The largest absolute Gasteiger partial charge is 0.394 e. The van der Waals surface area contributed by atoms with Crippen LogP contribution in [0.15, 0.2) is 75.8 Å². The molecule has 0 saturated carbocycles. The Hall–Kier alpha value is -5.85. The van der Waals surface area contributed by atoms with Crippen molar-refractivity contribution in [2.24, 2.45) is 4.99 Å². The monoisotopic (exact) mass is 592 g/mol. The lowest BCUT2D eigenvalue weighted by Gasteiger charge is -2.16. The number of carbonyl (C=O) groups excluding carboxylic acids is 2. The lowest BCUT2D eigenvalue weighted by molar-refractivity contribution is 0.0931. The Bertz CT molecular complexity index is 1940. The van der Waals surface area contributed by atoms with Crippen LogP contribution >= 0.6 is 0 Å². The minimum absolute atomic E-state index is 0.0551. The molecule has 3 aromatic carbocycles. The molecular formula is C31H28N8O5. The molecule has 1 aliphatic heterocycles. The van der Waals surface area contributed by atoms with E-state index in [1.165, 1.54) is 12.4 Å². The Labute approximate surface area is 250 Å². The van der Waals surface area contributed by atoms with Gasteiger partial charge in [0.2, 0.25) is 5.88 Å². The highest BCUT2D eigenvalue weighted by molar-refractivity contribution is 6.01. The zero-order valence-corrected chi connectivity index (χ0v) is 23.7. The summed E-state index contributed by atoms with van der Waals surface area (Å²) in [6.07, 6.45) is 2.70. The summed E-state index contributed by atoms with van der Waals surface area (Å²) in [5, 5.41) is 8.72. The van der Waals surface area contributed by atoms with E-state index in [4.69, 9.17) is 10.6 Å². The van der Waals surface area contributed by atoms with Crippen LogP contribution in [-0.4, -0.2) is 27.6 Å². The van der Waals surface area contributed by atoms with E-state index in [1.54, 1.807) is 0 Å². The molecule has 6 rings (SSSR count). The summed E-state index contributed by atoms with van der Waals surface area (Å²) in [4.78, 5) is 66.5. The molecule has 1 aliphatic carbocycles. The number of amides is 2. The fourth-order valence-electron chi connectivity index (χ4n) is 5.41. The Morgan fingerprint density at radius 3 is 2.52 bits per heavy atom. The van der Waals surface area contributed by atoms with Crippen LogP contribution in [0.3, 0.4) is 0 Å². The average Bonchev–Trinajstić information content (AvgIpc) is 3.66. The Balaban J connectivity index is 1.07. The first-order chi connectivity index (χ1) is 21.2. The molecule has 6 N–H and O–H groups in total. The van der Waals surface area contributed by atoms with Gasteiger partial charge < -0.3 is 26.5 Å². The molecular weight excluding hydrogens is 564 g/mol. The molecule has 0 unspecified atom stereocenters. The molecule has 1 aromatic heterocycles. The van der Waals surface area contributed by atoms with Crippen LogP contribution in [0.1, 0.15) is 66.8 Å². The van der Waals surface area contributed by atoms with Gasteiger partial charge in [-0.3, -0.25) is 19.2 Å². The topological polar surface area (TPSA) is 190 Å². The van der Waals surface area contributed by atoms with E-state index in [9.17, 15) is 19.2 Å². The first-order valence-electron chi connectivity index (χ1n) is 13.8. The summed E-state index contributed by atoms with van der Waals surface area (Å²) in [5.41, 5.74) is 13.0. The van der Waals surface area contributed by atoms with Crippen molar-refractivity contribution in [3.8, 4) is 0 Å². The maximum atomic E-state index is 13.1. The number of carbonyl (C=O) groups is 2. The van der Waals surface area contributed by atoms with E-state index in [1.807, 2.05) is 43.3 Å². The van der Waals surface area contributed by atoms with E-state index < -0.39 is 22.7 Å². The highest BCUT2D eigenvalue weighted by Gasteiger charge is 2.28. The van der Waals surface area contributed by atoms with E-state index in [-0.39, 0.29) is 41.9 Å². The normalized spacial score (nSPS) is 15.2. The highest BCUT2D eigenvalue weighted by Crippen LogP contribution is 2.35. The summed E-state index contributed by atoms with van der Waals surface area (Å²) in [6, 6.07) is 12.4. The molecule has 0 bridgehead atoms. The van der Waals surface area contributed by atoms with Crippen molar-refractivity contribution in [1.82, 2.24) is 26.1 Å². The minimum atomic E-state index is -0.682. The number of nitrogens with two attached hydrogens (primary N) is 1. The minimum Gasteiger partial charge on any atom is -0.394 e. The number of hydroxylamine groups is 1. The van der Waals surface area contributed by atoms with Gasteiger partial charge in [0.25, 0.3) is 22.7 Å². The SMILES string of the molecule is C=C1N=C(c2ccc3c(c2C)CC[C@@H]3NC(=O)c2cc(C(=O)NCc3cccc(CNc4c(N)c(=O)c4=O)c3)ncn2)NO1.